The van der Waals surface area contributed by atoms with Gasteiger partial charge in [0.05, 0.1) is 0 Å². The van der Waals surface area contributed by atoms with Crippen molar-refractivity contribution in [2.24, 2.45) is 0 Å². The topological polar surface area (TPSA) is 24.9 Å². The van der Waals surface area contributed by atoms with Crippen molar-refractivity contribution in [2.75, 3.05) is 6.54 Å². The lowest BCUT2D eigenvalue weighted by Crippen LogP contribution is -2.18. The maximum Gasteiger partial charge on any atom is 0.140 e. The average molecular weight is 294 g/mol. The second-order valence-electron chi connectivity index (χ2n) is 4.35. The molecule has 0 aliphatic heterocycles. The van der Waals surface area contributed by atoms with Crippen LogP contribution >= 0.6 is 11.8 Å². The standard InChI is InChI=1S/C15H16F2N2S/c1-3-18-10(2)12-5-4-8-19-15(12)20-14-7-6-11(16)9-13(14)17/h4-10,18H,3H2,1-2H3. The first kappa shape index (κ1) is 14.9. The number of hydrogen-bond acceptors (Lipinski definition) is 3. The van der Waals surface area contributed by atoms with Crippen molar-refractivity contribution >= 4 is 11.8 Å². The molecule has 0 amide bonds. The van der Waals surface area contributed by atoms with E-state index >= 15 is 0 Å². The Morgan fingerprint density at radius 3 is 2.80 bits per heavy atom. The van der Waals surface area contributed by atoms with Crippen LogP contribution in [0.25, 0.3) is 0 Å². The van der Waals surface area contributed by atoms with Gasteiger partial charge < -0.3 is 5.32 Å². The summed E-state index contributed by atoms with van der Waals surface area (Å²) in [6.07, 6.45) is 1.67. The highest BCUT2D eigenvalue weighted by molar-refractivity contribution is 7.99. The molecular formula is C15H16F2N2S. The first-order valence-electron chi connectivity index (χ1n) is 6.43. The van der Waals surface area contributed by atoms with E-state index in [1.54, 1.807) is 6.20 Å². The summed E-state index contributed by atoms with van der Waals surface area (Å²) in [4.78, 5) is 4.67. The summed E-state index contributed by atoms with van der Waals surface area (Å²) in [5.74, 6) is -1.14. The van der Waals surface area contributed by atoms with Crippen LogP contribution in [0.15, 0.2) is 46.5 Å². The van der Waals surface area contributed by atoms with Crippen molar-refractivity contribution in [3.05, 3.63) is 53.7 Å². The zero-order valence-corrected chi connectivity index (χ0v) is 12.2. The van der Waals surface area contributed by atoms with E-state index in [4.69, 9.17) is 0 Å². The third-order valence-corrected chi connectivity index (χ3v) is 3.96. The van der Waals surface area contributed by atoms with Gasteiger partial charge in [-0.2, -0.15) is 0 Å². The van der Waals surface area contributed by atoms with E-state index in [0.29, 0.717) is 4.90 Å². The van der Waals surface area contributed by atoms with Crippen molar-refractivity contribution < 1.29 is 8.78 Å². The predicted octanol–water partition coefficient (Wildman–Crippen LogP) is 4.18. The Kier molecular flexibility index (Phi) is 5.09. The van der Waals surface area contributed by atoms with Crippen LogP contribution in [0.1, 0.15) is 25.5 Å². The Balaban J connectivity index is 2.29. The van der Waals surface area contributed by atoms with E-state index in [1.165, 1.54) is 23.9 Å². The quantitative estimate of drug-likeness (QED) is 0.895. The Labute approximate surface area is 121 Å². The van der Waals surface area contributed by atoms with Crippen LogP contribution < -0.4 is 5.32 Å². The molecule has 1 N–H and O–H groups in total. The number of nitrogens with zero attached hydrogens (tertiary/aromatic N) is 1. The first-order chi connectivity index (χ1) is 9.61. The van der Waals surface area contributed by atoms with Crippen LogP contribution in [0.4, 0.5) is 8.78 Å². The first-order valence-corrected chi connectivity index (χ1v) is 7.24. The molecule has 0 spiro atoms. The van der Waals surface area contributed by atoms with Crippen LogP contribution in [0.3, 0.4) is 0 Å². The lowest BCUT2D eigenvalue weighted by atomic mass is 10.1. The highest BCUT2D eigenvalue weighted by Crippen LogP contribution is 2.33. The maximum absolute atomic E-state index is 13.7. The van der Waals surface area contributed by atoms with Crippen LogP contribution in [0.2, 0.25) is 0 Å². The lowest BCUT2D eigenvalue weighted by molar-refractivity contribution is 0.565. The molecule has 1 heterocycles. The van der Waals surface area contributed by atoms with Crippen molar-refractivity contribution in [3.63, 3.8) is 0 Å². The summed E-state index contributed by atoms with van der Waals surface area (Å²) in [7, 11) is 0. The summed E-state index contributed by atoms with van der Waals surface area (Å²) in [6, 6.07) is 7.52. The van der Waals surface area contributed by atoms with Crippen LogP contribution in [-0.2, 0) is 0 Å². The summed E-state index contributed by atoms with van der Waals surface area (Å²) < 4.78 is 26.6. The van der Waals surface area contributed by atoms with E-state index in [2.05, 4.69) is 10.3 Å². The molecule has 1 aromatic carbocycles. The minimum atomic E-state index is -0.575. The minimum Gasteiger partial charge on any atom is -0.310 e. The molecule has 5 heteroatoms. The molecule has 2 rings (SSSR count). The molecule has 0 aliphatic rings. The number of rotatable bonds is 5. The fraction of sp³-hybridized carbons (Fsp3) is 0.267. The van der Waals surface area contributed by atoms with Gasteiger partial charge in [-0.1, -0.05) is 24.8 Å². The predicted molar refractivity (Wildman–Crippen MR) is 76.8 cm³/mol. The van der Waals surface area contributed by atoms with E-state index in [9.17, 15) is 8.78 Å². The number of aromatic nitrogens is 1. The smallest absolute Gasteiger partial charge is 0.140 e. The summed E-state index contributed by atoms with van der Waals surface area (Å²) >= 11 is 1.21. The molecule has 1 aromatic heterocycles. The van der Waals surface area contributed by atoms with Crippen molar-refractivity contribution in [2.45, 2.75) is 29.8 Å². The van der Waals surface area contributed by atoms with Gasteiger partial charge in [-0.05, 0) is 31.7 Å². The molecule has 0 aliphatic carbocycles. The largest absolute Gasteiger partial charge is 0.310 e. The number of pyridine rings is 1. The fourth-order valence-corrected chi connectivity index (χ4v) is 2.87. The van der Waals surface area contributed by atoms with Crippen molar-refractivity contribution in [1.29, 1.82) is 0 Å². The third-order valence-electron chi connectivity index (χ3n) is 2.88. The van der Waals surface area contributed by atoms with Crippen LogP contribution in [0, 0.1) is 11.6 Å². The summed E-state index contributed by atoms with van der Waals surface area (Å²) in [5, 5.41) is 4.03. The van der Waals surface area contributed by atoms with Gasteiger partial charge in [-0.3, -0.25) is 0 Å². The van der Waals surface area contributed by atoms with Gasteiger partial charge in [-0.15, -0.1) is 0 Å². The van der Waals surface area contributed by atoms with E-state index in [-0.39, 0.29) is 6.04 Å². The normalized spacial score (nSPS) is 12.4. The highest BCUT2D eigenvalue weighted by atomic mass is 32.2. The molecule has 1 atom stereocenters. The molecule has 106 valence electrons. The molecule has 0 saturated heterocycles. The van der Waals surface area contributed by atoms with Gasteiger partial charge in [0.15, 0.2) is 0 Å². The molecule has 1 unspecified atom stereocenters. The maximum atomic E-state index is 13.7. The van der Waals surface area contributed by atoms with Crippen molar-refractivity contribution in [3.8, 4) is 0 Å². The summed E-state index contributed by atoms with van der Waals surface area (Å²) in [5.41, 5.74) is 1.00. The average Bonchev–Trinajstić information content (AvgIpc) is 2.43. The van der Waals surface area contributed by atoms with E-state index in [1.807, 2.05) is 26.0 Å². The zero-order valence-electron chi connectivity index (χ0n) is 11.4. The van der Waals surface area contributed by atoms with Gasteiger partial charge in [0, 0.05) is 28.8 Å². The fourth-order valence-electron chi connectivity index (χ4n) is 1.90. The van der Waals surface area contributed by atoms with Crippen molar-refractivity contribution in [1.82, 2.24) is 10.3 Å². The molecule has 0 saturated carbocycles. The molecule has 2 aromatic rings. The molecular weight excluding hydrogens is 278 g/mol. The third kappa shape index (κ3) is 3.55. The van der Waals surface area contributed by atoms with E-state index in [0.717, 1.165) is 23.2 Å². The highest BCUT2D eigenvalue weighted by Gasteiger charge is 2.13. The number of halogens is 2. The molecule has 2 nitrogen and oxygen atoms in total. The second kappa shape index (κ2) is 6.81. The Morgan fingerprint density at radius 2 is 2.10 bits per heavy atom. The van der Waals surface area contributed by atoms with Gasteiger partial charge in [-0.25, -0.2) is 13.8 Å². The Hall–Kier alpha value is -1.46. The second-order valence-corrected chi connectivity index (χ2v) is 5.38. The molecule has 0 bridgehead atoms. The molecule has 20 heavy (non-hydrogen) atoms. The Bertz CT molecular complexity index is 590. The lowest BCUT2D eigenvalue weighted by Gasteiger charge is -2.16. The van der Waals surface area contributed by atoms with Crippen LogP contribution in [-0.4, -0.2) is 11.5 Å². The molecule has 0 fully saturated rings. The van der Waals surface area contributed by atoms with Gasteiger partial charge in [0.2, 0.25) is 0 Å². The number of benzene rings is 1. The molecule has 0 radical (unpaired) electrons. The number of hydrogen-bond donors (Lipinski definition) is 1. The Morgan fingerprint density at radius 1 is 1.30 bits per heavy atom. The van der Waals surface area contributed by atoms with E-state index < -0.39 is 11.6 Å². The SMILES string of the molecule is CCNC(C)c1cccnc1Sc1ccc(F)cc1F. The van der Waals surface area contributed by atoms with Gasteiger partial charge in [0.25, 0.3) is 0 Å². The summed E-state index contributed by atoms with van der Waals surface area (Å²) in [6.45, 7) is 4.90. The van der Waals surface area contributed by atoms with Crippen LogP contribution in [0.5, 0.6) is 0 Å². The monoisotopic (exact) mass is 294 g/mol. The zero-order chi connectivity index (χ0) is 14.5. The van der Waals surface area contributed by atoms with Gasteiger partial charge in [0.1, 0.15) is 16.7 Å². The number of nitrogens with one attached hydrogen (secondary N) is 1. The van der Waals surface area contributed by atoms with Gasteiger partial charge >= 0.3 is 0 Å². The minimum absolute atomic E-state index is 0.125.